The van der Waals surface area contributed by atoms with E-state index in [9.17, 15) is 19.2 Å². The number of primary amides is 1. The summed E-state index contributed by atoms with van der Waals surface area (Å²) in [6.07, 6.45) is -0.469. The fourth-order valence-electron chi connectivity index (χ4n) is 2.38. The molecule has 9 heteroatoms. The zero-order valence-electron chi connectivity index (χ0n) is 13.9. The zero-order chi connectivity index (χ0) is 19.3. The van der Waals surface area contributed by atoms with Gasteiger partial charge in [0.1, 0.15) is 11.7 Å². The van der Waals surface area contributed by atoms with Crippen LogP contribution in [-0.2, 0) is 14.3 Å². The minimum atomic E-state index is -1.15. The van der Waals surface area contributed by atoms with Crippen LogP contribution in [-0.4, -0.2) is 47.0 Å². The standard InChI is InChI=1S/C17H17N3O6/c1-26-17(25)12(6-7-14(21)22)20-16(24)10-8-13(15(18)23)19-11-5-3-2-4-9(10)11/h2-5,8,12H,6-7H2,1H3,(H2,18,23)(H,20,24)(H,21,22). The SMILES string of the molecule is COC(=O)C(CCC(=O)O)NC(=O)c1cc(C(N)=O)nc2ccccc12. The monoisotopic (exact) mass is 359 g/mol. The van der Waals surface area contributed by atoms with Gasteiger partial charge in [0.2, 0.25) is 0 Å². The molecule has 1 aromatic heterocycles. The largest absolute Gasteiger partial charge is 0.481 e. The molecule has 2 rings (SSSR count). The highest BCUT2D eigenvalue weighted by atomic mass is 16.5. The molecule has 0 bridgehead atoms. The number of rotatable bonds is 7. The Morgan fingerprint density at radius 2 is 1.96 bits per heavy atom. The van der Waals surface area contributed by atoms with Crippen molar-refractivity contribution in [3.05, 3.63) is 41.6 Å². The third kappa shape index (κ3) is 4.32. The van der Waals surface area contributed by atoms with Gasteiger partial charge >= 0.3 is 11.9 Å². The summed E-state index contributed by atoms with van der Waals surface area (Å²) >= 11 is 0. The first kappa shape index (κ1) is 18.8. The molecule has 1 atom stereocenters. The third-order valence-corrected chi connectivity index (χ3v) is 3.65. The second-order valence-electron chi connectivity index (χ2n) is 5.42. The fourth-order valence-corrected chi connectivity index (χ4v) is 2.38. The summed E-state index contributed by atoms with van der Waals surface area (Å²) in [4.78, 5) is 50.8. The molecule has 0 aliphatic heterocycles. The number of carbonyl (C=O) groups is 4. The number of hydrogen-bond acceptors (Lipinski definition) is 6. The number of aromatic nitrogens is 1. The smallest absolute Gasteiger partial charge is 0.328 e. The van der Waals surface area contributed by atoms with Gasteiger partial charge in [-0.25, -0.2) is 9.78 Å². The zero-order valence-corrected chi connectivity index (χ0v) is 13.9. The quantitative estimate of drug-likeness (QED) is 0.608. The van der Waals surface area contributed by atoms with Crippen molar-refractivity contribution in [2.24, 2.45) is 5.73 Å². The lowest BCUT2D eigenvalue weighted by Crippen LogP contribution is -2.42. The first-order valence-corrected chi connectivity index (χ1v) is 7.63. The summed E-state index contributed by atoms with van der Waals surface area (Å²) in [5.74, 6) is -3.36. The van der Waals surface area contributed by atoms with E-state index in [0.29, 0.717) is 10.9 Å². The maximum atomic E-state index is 12.7. The molecular weight excluding hydrogens is 342 g/mol. The topological polar surface area (TPSA) is 149 Å². The first-order chi connectivity index (χ1) is 12.3. The van der Waals surface area contributed by atoms with Gasteiger partial charge in [-0.15, -0.1) is 0 Å². The number of carboxylic acids is 1. The van der Waals surface area contributed by atoms with Gasteiger partial charge in [0.15, 0.2) is 0 Å². The number of hydrogen-bond donors (Lipinski definition) is 3. The number of fused-ring (bicyclic) bond motifs is 1. The molecule has 0 aliphatic carbocycles. The van der Waals surface area contributed by atoms with Gasteiger partial charge in [-0.05, 0) is 18.6 Å². The highest BCUT2D eigenvalue weighted by molar-refractivity contribution is 6.09. The lowest BCUT2D eigenvalue weighted by atomic mass is 10.1. The maximum Gasteiger partial charge on any atom is 0.328 e. The van der Waals surface area contributed by atoms with Gasteiger partial charge in [-0.1, -0.05) is 18.2 Å². The average Bonchev–Trinajstić information content (AvgIpc) is 2.62. The second-order valence-corrected chi connectivity index (χ2v) is 5.42. The number of nitrogens with one attached hydrogen (secondary N) is 1. The van der Waals surface area contributed by atoms with E-state index in [-0.39, 0.29) is 24.1 Å². The first-order valence-electron chi connectivity index (χ1n) is 7.63. The second kappa shape index (κ2) is 8.06. The van der Waals surface area contributed by atoms with Crippen molar-refractivity contribution in [2.75, 3.05) is 7.11 Å². The molecule has 136 valence electrons. The van der Waals surface area contributed by atoms with Crippen LogP contribution in [0.2, 0.25) is 0 Å². The van der Waals surface area contributed by atoms with E-state index in [1.807, 2.05) is 0 Å². The predicted molar refractivity (Wildman–Crippen MR) is 90.4 cm³/mol. The summed E-state index contributed by atoms with van der Waals surface area (Å²) in [6.45, 7) is 0. The number of nitrogens with two attached hydrogens (primary N) is 1. The van der Waals surface area contributed by atoms with Crippen LogP contribution in [0.15, 0.2) is 30.3 Å². The number of nitrogens with zero attached hydrogens (tertiary/aromatic N) is 1. The molecule has 0 radical (unpaired) electrons. The molecular formula is C17H17N3O6. The lowest BCUT2D eigenvalue weighted by molar-refractivity contribution is -0.143. The van der Waals surface area contributed by atoms with Crippen LogP contribution >= 0.6 is 0 Å². The number of ether oxygens (including phenoxy) is 1. The van der Waals surface area contributed by atoms with E-state index in [0.717, 1.165) is 7.11 Å². The molecule has 0 aliphatic rings. The summed E-state index contributed by atoms with van der Waals surface area (Å²) in [5.41, 5.74) is 5.63. The molecule has 26 heavy (non-hydrogen) atoms. The van der Waals surface area contributed by atoms with Gasteiger partial charge in [0.25, 0.3) is 11.8 Å². The Morgan fingerprint density at radius 1 is 1.27 bits per heavy atom. The molecule has 2 amide bonds. The van der Waals surface area contributed by atoms with Gasteiger partial charge < -0.3 is 20.9 Å². The van der Waals surface area contributed by atoms with Gasteiger partial charge in [0, 0.05) is 11.8 Å². The minimum absolute atomic E-state index is 0.0913. The summed E-state index contributed by atoms with van der Waals surface area (Å²) in [6, 6.07) is 6.70. The van der Waals surface area contributed by atoms with Crippen molar-refractivity contribution in [2.45, 2.75) is 18.9 Å². The number of para-hydroxylation sites is 1. The van der Waals surface area contributed by atoms with Crippen LogP contribution in [0.5, 0.6) is 0 Å². The molecule has 2 aromatic rings. The van der Waals surface area contributed by atoms with E-state index in [1.54, 1.807) is 24.3 Å². The van der Waals surface area contributed by atoms with Crippen molar-refractivity contribution < 1.29 is 29.0 Å². The molecule has 4 N–H and O–H groups in total. The summed E-state index contributed by atoms with van der Waals surface area (Å²) in [5, 5.41) is 11.7. The van der Waals surface area contributed by atoms with Crippen LogP contribution in [0.3, 0.4) is 0 Å². The van der Waals surface area contributed by atoms with Crippen LogP contribution < -0.4 is 11.1 Å². The van der Waals surface area contributed by atoms with E-state index < -0.39 is 29.8 Å². The number of benzene rings is 1. The molecule has 0 fully saturated rings. The highest BCUT2D eigenvalue weighted by Crippen LogP contribution is 2.19. The van der Waals surface area contributed by atoms with Crippen molar-refractivity contribution >= 4 is 34.7 Å². The Bertz CT molecular complexity index is 880. The van der Waals surface area contributed by atoms with Crippen molar-refractivity contribution in [3.63, 3.8) is 0 Å². The molecule has 1 aromatic carbocycles. The Hall–Kier alpha value is -3.49. The predicted octanol–water partition coefficient (Wildman–Crippen LogP) is 0.470. The van der Waals surface area contributed by atoms with Crippen LogP contribution in [0, 0.1) is 0 Å². The molecule has 0 saturated carbocycles. The van der Waals surface area contributed by atoms with Crippen LogP contribution in [0.25, 0.3) is 10.9 Å². The van der Waals surface area contributed by atoms with E-state index in [2.05, 4.69) is 15.0 Å². The average molecular weight is 359 g/mol. The number of carboxylic acid groups (broad SMARTS) is 1. The van der Waals surface area contributed by atoms with E-state index in [4.69, 9.17) is 10.8 Å². The Labute approximate surface area is 148 Å². The number of pyridine rings is 1. The number of carbonyl (C=O) groups excluding carboxylic acids is 3. The van der Waals surface area contributed by atoms with Gasteiger partial charge in [0.05, 0.1) is 18.2 Å². The van der Waals surface area contributed by atoms with Crippen molar-refractivity contribution in [3.8, 4) is 0 Å². The highest BCUT2D eigenvalue weighted by Gasteiger charge is 2.24. The van der Waals surface area contributed by atoms with Gasteiger partial charge in [-0.2, -0.15) is 0 Å². The number of esters is 1. The van der Waals surface area contributed by atoms with Crippen LogP contribution in [0.4, 0.5) is 0 Å². The molecule has 0 saturated heterocycles. The normalized spacial score (nSPS) is 11.6. The fraction of sp³-hybridized carbons (Fsp3) is 0.235. The van der Waals surface area contributed by atoms with E-state index >= 15 is 0 Å². The van der Waals surface area contributed by atoms with Crippen LogP contribution in [0.1, 0.15) is 33.7 Å². The number of aliphatic carboxylic acids is 1. The Balaban J connectivity index is 2.39. The molecule has 1 unspecified atom stereocenters. The third-order valence-electron chi connectivity index (χ3n) is 3.65. The minimum Gasteiger partial charge on any atom is -0.481 e. The lowest BCUT2D eigenvalue weighted by Gasteiger charge is -2.16. The number of methoxy groups -OCH3 is 1. The van der Waals surface area contributed by atoms with Crippen molar-refractivity contribution in [1.29, 1.82) is 0 Å². The Kier molecular flexibility index (Phi) is 5.84. The summed E-state index contributed by atoms with van der Waals surface area (Å²) in [7, 11) is 1.13. The molecule has 0 spiro atoms. The van der Waals surface area contributed by atoms with Gasteiger partial charge in [-0.3, -0.25) is 14.4 Å². The Morgan fingerprint density at radius 3 is 2.58 bits per heavy atom. The molecule has 1 heterocycles. The summed E-state index contributed by atoms with van der Waals surface area (Å²) < 4.78 is 4.60. The van der Waals surface area contributed by atoms with Crippen molar-refractivity contribution in [1.82, 2.24) is 10.3 Å². The van der Waals surface area contributed by atoms with E-state index in [1.165, 1.54) is 6.07 Å². The molecule has 9 nitrogen and oxygen atoms in total. The number of amides is 2. The maximum absolute atomic E-state index is 12.7.